The van der Waals surface area contributed by atoms with Crippen LogP contribution < -0.4 is 9.88 Å². The van der Waals surface area contributed by atoms with Gasteiger partial charge in [0.2, 0.25) is 0 Å². The van der Waals surface area contributed by atoms with Crippen molar-refractivity contribution in [3.63, 3.8) is 0 Å². The smallest absolute Gasteiger partial charge is 0.169 e. The molecular weight excluding hydrogens is 276 g/mol. The van der Waals surface area contributed by atoms with E-state index in [1.807, 2.05) is 6.07 Å². The van der Waals surface area contributed by atoms with Gasteiger partial charge in [-0.2, -0.15) is 0 Å². The lowest BCUT2D eigenvalue weighted by molar-refractivity contribution is 0.411. The summed E-state index contributed by atoms with van der Waals surface area (Å²) in [5, 5.41) is 9.20. The van der Waals surface area contributed by atoms with E-state index in [9.17, 15) is 5.14 Å². The van der Waals surface area contributed by atoms with E-state index < -0.39 is 0 Å². The summed E-state index contributed by atoms with van der Waals surface area (Å²) in [4.78, 5) is 4.56. The second kappa shape index (κ2) is 5.69. The molecule has 3 rings (SSSR count). The van der Waals surface area contributed by atoms with Crippen LogP contribution in [0.2, 0.25) is 0 Å². The van der Waals surface area contributed by atoms with Gasteiger partial charge in [-0.25, -0.2) is 4.98 Å². The Labute approximate surface area is 121 Å². The zero-order valence-corrected chi connectivity index (χ0v) is 12.5. The lowest BCUT2D eigenvalue weighted by Crippen LogP contribution is -2.05. The van der Waals surface area contributed by atoms with Gasteiger partial charge in [-0.1, -0.05) is 24.4 Å². The highest BCUT2D eigenvalue weighted by Gasteiger charge is 2.21. The monoisotopic (exact) mass is 292 g/mol. The molecule has 0 unspecified atom stereocenters. The molecule has 0 bridgehead atoms. The molecule has 0 spiro atoms. The SMILES string of the molecule is COc1cc(C2CCCCC2)c2nc(S[N])sc2c1. The number of hydrogen-bond donors (Lipinski definition) is 0. The van der Waals surface area contributed by atoms with E-state index in [4.69, 9.17) is 4.74 Å². The number of methoxy groups -OCH3 is 1. The molecule has 19 heavy (non-hydrogen) atoms. The third-order valence-corrected chi connectivity index (χ3v) is 5.36. The maximum Gasteiger partial charge on any atom is 0.169 e. The Morgan fingerprint density at radius 2 is 2.11 bits per heavy atom. The van der Waals surface area contributed by atoms with Gasteiger partial charge < -0.3 is 4.74 Å². The lowest BCUT2D eigenvalue weighted by Gasteiger charge is -2.22. The van der Waals surface area contributed by atoms with Crippen molar-refractivity contribution < 1.29 is 4.74 Å². The number of benzene rings is 1. The second-order valence-corrected chi connectivity index (χ2v) is 6.83. The van der Waals surface area contributed by atoms with Crippen molar-refractivity contribution >= 4 is 33.5 Å². The zero-order valence-electron chi connectivity index (χ0n) is 10.9. The third kappa shape index (κ3) is 2.59. The number of ether oxygens (including phenoxy) is 1. The van der Waals surface area contributed by atoms with Crippen LogP contribution in [0.4, 0.5) is 0 Å². The number of rotatable bonds is 3. The van der Waals surface area contributed by atoms with Crippen LogP contribution in [0, 0.1) is 0 Å². The highest BCUT2D eigenvalue weighted by atomic mass is 32.2. The van der Waals surface area contributed by atoms with Gasteiger partial charge in [0, 0.05) is 11.9 Å². The van der Waals surface area contributed by atoms with Gasteiger partial charge >= 0.3 is 0 Å². The highest BCUT2D eigenvalue weighted by molar-refractivity contribution is 7.98. The zero-order chi connectivity index (χ0) is 13.2. The summed E-state index contributed by atoms with van der Waals surface area (Å²) >= 11 is 2.26. The second-order valence-electron chi connectivity index (χ2n) is 4.97. The molecule has 1 fully saturated rings. The van der Waals surface area contributed by atoms with E-state index in [2.05, 4.69) is 11.1 Å². The summed E-state index contributed by atoms with van der Waals surface area (Å²) in [6.07, 6.45) is 6.42. The minimum absolute atomic E-state index is 0.588. The molecule has 100 valence electrons. The van der Waals surface area contributed by atoms with Gasteiger partial charge in [0.1, 0.15) is 5.75 Å². The van der Waals surface area contributed by atoms with Crippen LogP contribution >= 0.6 is 23.3 Å². The molecule has 0 atom stereocenters. The van der Waals surface area contributed by atoms with E-state index in [-0.39, 0.29) is 0 Å². The van der Waals surface area contributed by atoms with Gasteiger partial charge in [0.15, 0.2) is 4.34 Å². The highest BCUT2D eigenvalue weighted by Crippen LogP contribution is 2.40. The third-order valence-electron chi connectivity index (χ3n) is 3.84. The topological polar surface area (TPSA) is 44.4 Å². The van der Waals surface area contributed by atoms with Crippen LogP contribution in [0.1, 0.15) is 43.6 Å². The van der Waals surface area contributed by atoms with Crippen LogP contribution in [-0.4, -0.2) is 12.1 Å². The molecule has 1 aromatic heterocycles. The molecule has 0 saturated heterocycles. The lowest BCUT2D eigenvalue weighted by atomic mass is 9.83. The van der Waals surface area contributed by atoms with E-state index in [1.54, 1.807) is 7.11 Å². The molecular formula is C14H16N2OS2. The maximum atomic E-state index is 9.20. The van der Waals surface area contributed by atoms with Gasteiger partial charge in [0.05, 0.1) is 17.3 Å². The van der Waals surface area contributed by atoms with E-state index in [0.717, 1.165) is 27.9 Å². The van der Waals surface area contributed by atoms with E-state index >= 15 is 0 Å². The standard InChI is InChI=1S/C14H16N2OS2/c1-17-10-7-11(9-5-3-2-4-6-9)13-12(8-10)18-14(16-13)19-15/h7-9H,2-6H2,1H3. The van der Waals surface area contributed by atoms with E-state index in [0.29, 0.717) is 10.3 Å². The molecule has 1 aromatic carbocycles. The first kappa shape index (κ1) is 13.2. The Hall–Kier alpha value is -0.780. The van der Waals surface area contributed by atoms with Gasteiger partial charge in [-0.05, 0) is 36.5 Å². The number of fused-ring (bicyclic) bond motifs is 1. The first-order valence-corrected chi connectivity index (χ1v) is 8.20. The van der Waals surface area contributed by atoms with Crippen LogP contribution in [-0.2, 0) is 0 Å². The molecule has 1 saturated carbocycles. The molecule has 0 amide bonds. The number of hydrogen-bond acceptors (Lipinski definition) is 4. The summed E-state index contributed by atoms with van der Waals surface area (Å²) in [7, 11) is 1.70. The Kier molecular flexibility index (Phi) is 3.96. The molecule has 1 aliphatic rings. The summed E-state index contributed by atoms with van der Waals surface area (Å²) in [5.41, 5.74) is 2.35. The molecule has 3 nitrogen and oxygen atoms in total. The van der Waals surface area contributed by atoms with Crippen LogP contribution in [0.3, 0.4) is 0 Å². The van der Waals surface area contributed by atoms with E-state index in [1.165, 1.54) is 49.0 Å². The molecule has 1 heterocycles. The largest absolute Gasteiger partial charge is 0.497 e. The fraction of sp³-hybridized carbons (Fsp3) is 0.500. The fourth-order valence-corrected chi connectivity index (χ4v) is 4.20. The van der Waals surface area contributed by atoms with Gasteiger partial charge in [0.25, 0.3) is 0 Å². The summed E-state index contributed by atoms with van der Waals surface area (Å²) < 4.78 is 7.22. The van der Waals surface area contributed by atoms with Crippen molar-refractivity contribution in [3.8, 4) is 5.75 Å². The molecule has 1 aliphatic carbocycles. The predicted molar refractivity (Wildman–Crippen MR) is 80.0 cm³/mol. The molecule has 2 aromatic rings. The van der Waals surface area contributed by atoms with Crippen molar-refractivity contribution in [2.75, 3.05) is 7.11 Å². The van der Waals surface area contributed by atoms with Crippen molar-refractivity contribution in [2.24, 2.45) is 0 Å². The maximum absolute atomic E-state index is 9.20. The first-order valence-electron chi connectivity index (χ1n) is 6.61. The van der Waals surface area contributed by atoms with Crippen molar-refractivity contribution in [3.05, 3.63) is 17.7 Å². The number of nitrogens with zero attached hydrogens (tertiary/aromatic N) is 2. The van der Waals surface area contributed by atoms with Crippen molar-refractivity contribution in [1.82, 2.24) is 10.1 Å². The Morgan fingerprint density at radius 1 is 1.32 bits per heavy atom. The van der Waals surface area contributed by atoms with Gasteiger partial charge in [-0.15, -0.1) is 11.3 Å². The van der Waals surface area contributed by atoms with Gasteiger partial charge in [-0.3, -0.25) is 0 Å². The van der Waals surface area contributed by atoms with Crippen LogP contribution in [0.15, 0.2) is 16.5 Å². The Morgan fingerprint density at radius 3 is 2.79 bits per heavy atom. The van der Waals surface area contributed by atoms with Crippen molar-refractivity contribution in [1.29, 1.82) is 0 Å². The molecule has 2 radical (unpaired) electrons. The van der Waals surface area contributed by atoms with Crippen LogP contribution in [0.25, 0.3) is 10.2 Å². The predicted octanol–water partition coefficient (Wildman–Crippen LogP) is 4.43. The normalized spacial score (nSPS) is 16.9. The molecule has 0 N–H and O–H groups in total. The number of aromatic nitrogens is 1. The van der Waals surface area contributed by atoms with Crippen LogP contribution in [0.5, 0.6) is 5.75 Å². The minimum atomic E-state index is 0.588. The summed E-state index contributed by atoms with van der Waals surface area (Å²) in [5.74, 6) is 1.48. The summed E-state index contributed by atoms with van der Waals surface area (Å²) in [6.45, 7) is 0. The minimum Gasteiger partial charge on any atom is -0.497 e. The average Bonchev–Trinajstić information content (AvgIpc) is 2.90. The number of thiazole rings is 1. The summed E-state index contributed by atoms with van der Waals surface area (Å²) in [6, 6.07) is 4.14. The Bertz CT molecular complexity index is 576. The first-order chi connectivity index (χ1) is 9.31. The molecule has 5 heteroatoms. The fourth-order valence-electron chi connectivity index (χ4n) is 2.89. The molecule has 0 aliphatic heterocycles. The average molecular weight is 292 g/mol. The quantitative estimate of drug-likeness (QED) is 0.786. The van der Waals surface area contributed by atoms with Crippen molar-refractivity contribution in [2.45, 2.75) is 42.4 Å². The Balaban J connectivity index is 2.11.